The summed E-state index contributed by atoms with van der Waals surface area (Å²) in [5, 5.41) is 0. The van der Waals surface area contributed by atoms with Crippen LogP contribution in [0.3, 0.4) is 0 Å². The molecule has 16 heavy (non-hydrogen) atoms. The Morgan fingerprint density at radius 3 is 2.62 bits per heavy atom. The number of nitrogens with two attached hydrogens (primary N) is 1. The van der Waals surface area contributed by atoms with Crippen molar-refractivity contribution in [1.29, 1.82) is 0 Å². The Labute approximate surface area is 104 Å². The first-order valence-electron chi connectivity index (χ1n) is 5.61. The molecular weight excluding hydrogens is 271 g/mol. The van der Waals surface area contributed by atoms with E-state index in [4.69, 9.17) is 5.73 Å². The van der Waals surface area contributed by atoms with Gasteiger partial charge in [-0.05, 0) is 59.4 Å². The Morgan fingerprint density at radius 2 is 2.06 bits per heavy atom. The molecule has 1 aromatic rings. The summed E-state index contributed by atoms with van der Waals surface area (Å²) in [5.74, 6) is 0.447. The van der Waals surface area contributed by atoms with Gasteiger partial charge in [0.1, 0.15) is 5.82 Å². The maximum absolute atomic E-state index is 13.0. The third-order valence-electron chi connectivity index (χ3n) is 3.20. The molecule has 0 amide bonds. The van der Waals surface area contributed by atoms with Crippen molar-refractivity contribution in [2.45, 2.75) is 12.8 Å². The van der Waals surface area contributed by atoms with E-state index in [-0.39, 0.29) is 5.82 Å². The van der Waals surface area contributed by atoms with E-state index in [1.807, 2.05) is 6.07 Å². The number of benzene rings is 1. The zero-order chi connectivity index (χ0) is 11.5. The van der Waals surface area contributed by atoms with Gasteiger partial charge in [0, 0.05) is 17.6 Å². The average molecular weight is 287 g/mol. The normalized spacial score (nSPS) is 17.8. The minimum Gasteiger partial charge on any atom is -0.371 e. The van der Waals surface area contributed by atoms with Crippen molar-refractivity contribution in [3.05, 3.63) is 28.5 Å². The molecule has 1 aromatic carbocycles. The molecule has 0 aromatic heterocycles. The molecule has 2 rings (SSSR count). The fourth-order valence-corrected chi connectivity index (χ4v) is 2.75. The highest BCUT2D eigenvalue weighted by atomic mass is 79.9. The number of hydrogen-bond acceptors (Lipinski definition) is 2. The quantitative estimate of drug-likeness (QED) is 0.906. The molecule has 0 atom stereocenters. The summed E-state index contributed by atoms with van der Waals surface area (Å²) in [7, 11) is 0. The largest absolute Gasteiger partial charge is 0.371 e. The predicted molar refractivity (Wildman–Crippen MR) is 68.1 cm³/mol. The van der Waals surface area contributed by atoms with Crippen LogP contribution in [-0.2, 0) is 0 Å². The van der Waals surface area contributed by atoms with Crippen molar-refractivity contribution in [3.8, 4) is 0 Å². The molecule has 1 saturated heterocycles. The molecule has 1 aliphatic rings. The summed E-state index contributed by atoms with van der Waals surface area (Å²) in [6.07, 6.45) is 2.25. The second-order valence-corrected chi connectivity index (χ2v) is 5.12. The highest BCUT2D eigenvalue weighted by Crippen LogP contribution is 2.30. The van der Waals surface area contributed by atoms with Crippen molar-refractivity contribution >= 4 is 21.6 Å². The molecule has 2 nitrogen and oxygen atoms in total. The van der Waals surface area contributed by atoms with Crippen LogP contribution in [0.25, 0.3) is 0 Å². The topological polar surface area (TPSA) is 29.3 Å². The minimum atomic E-state index is -0.201. The van der Waals surface area contributed by atoms with Gasteiger partial charge >= 0.3 is 0 Å². The van der Waals surface area contributed by atoms with Crippen LogP contribution in [0, 0.1) is 11.7 Å². The van der Waals surface area contributed by atoms with Gasteiger partial charge in [0.15, 0.2) is 0 Å². The fourth-order valence-electron chi connectivity index (χ4n) is 2.15. The fraction of sp³-hybridized carbons (Fsp3) is 0.500. The second-order valence-electron chi connectivity index (χ2n) is 4.26. The lowest BCUT2D eigenvalue weighted by Gasteiger charge is -2.33. The molecule has 0 saturated carbocycles. The highest BCUT2D eigenvalue weighted by molar-refractivity contribution is 9.10. The van der Waals surface area contributed by atoms with Crippen molar-refractivity contribution in [3.63, 3.8) is 0 Å². The summed E-state index contributed by atoms with van der Waals surface area (Å²) >= 11 is 3.41. The zero-order valence-electron chi connectivity index (χ0n) is 9.13. The SMILES string of the molecule is NCC1CCN(c2ccc(F)cc2Br)CC1. The summed E-state index contributed by atoms with van der Waals surface area (Å²) in [6, 6.07) is 4.86. The Balaban J connectivity index is 2.08. The summed E-state index contributed by atoms with van der Waals surface area (Å²) < 4.78 is 13.8. The number of nitrogens with zero attached hydrogens (tertiary/aromatic N) is 1. The molecule has 0 unspecified atom stereocenters. The highest BCUT2D eigenvalue weighted by Gasteiger charge is 2.19. The number of anilines is 1. The van der Waals surface area contributed by atoms with Crippen molar-refractivity contribution < 1.29 is 4.39 Å². The summed E-state index contributed by atoms with van der Waals surface area (Å²) in [6.45, 7) is 2.79. The number of rotatable bonds is 2. The van der Waals surface area contributed by atoms with E-state index in [0.717, 1.165) is 42.6 Å². The second kappa shape index (κ2) is 5.15. The first kappa shape index (κ1) is 11.9. The van der Waals surface area contributed by atoms with Crippen LogP contribution in [-0.4, -0.2) is 19.6 Å². The van der Waals surface area contributed by atoms with Gasteiger partial charge < -0.3 is 10.6 Å². The smallest absolute Gasteiger partial charge is 0.124 e. The predicted octanol–water partition coefficient (Wildman–Crippen LogP) is 2.76. The Morgan fingerprint density at radius 1 is 1.38 bits per heavy atom. The molecule has 4 heteroatoms. The van der Waals surface area contributed by atoms with Gasteiger partial charge in [-0.3, -0.25) is 0 Å². The van der Waals surface area contributed by atoms with E-state index in [1.165, 1.54) is 12.1 Å². The third kappa shape index (κ3) is 2.55. The summed E-state index contributed by atoms with van der Waals surface area (Å²) in [4.78, 5) is 2.29. The van der Waals surface area contributed by atoms with Crippen LogP contribution < -0.4 is 10.6 Å². The lowest BCUT2D eigenvalue weighted by molar-refractivity contribution is 0.414. The van der Waals surface area contributed by atoms with E-state index in [0.29, 0.717) is 5.92 Å². The van der Waals surface area contributed by atoms with Gasteiger partial charge in [0.05, 0.1) is 5.69 Å². The lowest BCUT2D eigenvalue weighted by atomic mass is 9.97. The number of hydrogen-bond donors (Lipinski definition) is 1. The van der Waals surface area contributed by atoms with Crippen LogP contribution in [0.2, 0.25) is 0 Å². The Kier molecular flexibility index (Phi) is 3.82. The van der Waals surface area contributed by atoms with Gasteiger partial charge in [-0.1, -0.05) is 0 Å². The zero-order valence-corrected chi connectivity index (χ0v) is 10.7. The number of halogens is 2. The lowest BCUT2D eigenvalue weighted by Crippen LogP contribution is -2.36. The molecule has 88 valence electrons. The van der Waals surface area contributed by atoms with Gasteiger partial charge in [-0.2, -0.15) is 0 Å². The molecule has 0 bridgehead atoms. The van der Waals surface area contributed by atoms with Crippen molar-refractivity contribution in [1.82, 2.24) is 0 Å². The van der Waals surface area contributed by atoms with Gasteiger partial charge in [0.2, 0.25) is 0 Å². The maximum atomic E-state index is 13.0. The molecule has 1 heterocycles. The first-order valence-corrected chi connectivity index (χ1v) is 6.40. The van der Waals surface area contributed by atoms with Gasteiger partial charge in [-0.15, -0.1) is 0 Å². The van der Waals surface area contributed by atoms with Gasteiger partial charge in [-0.25, -0.2) is 4.39 Å². The Hall–Kier alpha value is -0.610. The van der Waals surface area contributed by atoms with E-state index in [2.05, 4.69) is 20.8 Å². The molecule has 1 aliphatic heterocycles. The molecule has 0 aliphatic carbocycles. The van der Waals surface area contributed by atoms with E-state index in [1.54, 1.807) is 0 Å². The monoisotopic (exact) mass is 286 g/mol. The molecule has 1 fully saturated rings. The van der Waals surface area contributed by atoms with Crippen molar-refractivity contribution in [2.24, 2.45) is 11.7 Å². The molecular formula is C12H16BrFN2. The van der Waals surface area contributed by atoms with Crippen molar-refractivity contribution in [2.75, 3.05) is 24.5 Å². The van der Waals surface area contributed by atoms with E-state index in [9.17, 15) is 4.39 Å². The molecule has 0 spiro atoms. The van der Waals surface area contributed by atoms with Crippen LogP contribution in [0.1, 0.15) is 12.8 Å². The third-order valence-corrected chi connectivity index (χ3v) is 3.83. The molecule has 2 N–H and O–H groups in total. The van der Waals surface area contributed by atoms with Crippen LogP contribution in [0.4, 0.5) is 10.1 Å². The maximum Gasteiger partial charge on any atom is 0.124 e. The van der Waals surface area contributed by atoms with Gasteiger partial charge in [0.25, 0.3) is 0 Å². The summed E-state index contributed by atoms with van der Waals surface area (Å²) in [5.41, 5.74) is 6.74. The van der Waals surface area contributed by atoms with E-state index >= 15 is 0 Å². The number of piperidine rings is 1. The van der Waals surface area contributed by atoms with Crippen LogP contribution in [0.15, 0.2) is 22.7 Å². The van der Waals surface area contributed by atoms with E-state index < -0.39 is 0 Å². The molecule has 0 radical (unpaired) electrons. The minimum absolute atomic E-state index is 0.201. The van der Waals surface area contributed by atoms with Crippen LogP contribution >= 0.6 is 15.9 Å². The Bertz CT molecular complexity index is 362. The standard InChI is InChI=1S/C12H16BrFN2/c13-11-7-10(14)1-2-12(11)16-5-3-9(8-15)4-6-16/h1-2,7,9H,3-6,8,15H2. The van der Waals surface area contributed by atoms with Crippen LogP contribution in [0.5, 0.6) is 0 Å². The first-order chi connectivity index (χ1) is 7.70. The average Bonchev–Trinajstić information content (AvgIpc) is 2.29.